The molecule has 2 fully saturated rings. The van der Waals surface area contributed by atoms with Crippen LogP contribution in [0.15, 0.2) is 24.5 Å². The normalized spacial score (nSPS) is 21.9. The molecule has 1 aromatic carbocycles. The van der Waals surface area contributed by atoms with Crippen molar-refractivity contribution in [2.75, 3.05) is 13.1 Å². The maximum Gasteiger partial charge on any atom is 0.255 e. The molecule has 0 bridgehead atoms. The summed E-state index contributed by atoms with van der Waals surface area (Å²) in [5.41, 5.74) is 3.83. The number of aromatic nitrogens is 2. The molecule has 33 heavy (non-hydrogen) atoms. The Kier molecular flexibility index (Phi) is 5.65. The number of hydrogen-bond acceptors (Lipinski definition) is 6. The molecular weight excluding hydrogens is 425 g/mol. The van der Waals surface area contributed by atoms with Crippen LogP contribution in [-0.2, 0) is 22.7 Å². The topological polar surface area (TPSA) is 95.5 Å². The van der Waals surface area contributed by atoms with Crippen LogP contribution in [0.5, 0.6) is 0 Å². The third-order valence-corrected chi connectivity index (χ3v) is 6.90. The number of hydrogen-bond donors (Lipinski definition) is 1. The molecule has 1 unspecified atom stereocenters. The van der Waals surface area contributed by atoms with Gasteiger partial charge >= 0.3 is 0 Å². The summed E-state index contributed by atoms with van der Waals surface area (Å²) < 4.78 is 14.5. The molecule has 8 nitrogen and oxygen atoms in total. The van der Waals surface area contributed by atoms with Gasteiger partial charge in [-0.3, -0.25) is 34.6 Å². The van der Waals surface area contributed by atoms with Crippen molar-refractivity contribution in [3.05, 3.63) is 58.4 Å². The number of rotatable bonds is 4. The Bertz CT molecular complexity index is 1110. The second kappa shape index (κ2) is 8.62. The highest BCUT2D eigenvalue weighted by Crippen LogP contribution is 2.37. The van der Waals surface area contributed by atoms with Gasteiger partial charge in [0.1, 0.15) is 11.9 Å². The van der Waals surface area contributed by atoms with E-state index in [0.717, 1.165) is 55.0 Å². The fourth-order valence-corrected chi connectivity index (χ4v) is 5.15. The summed E-state index contributed by atoms with van der Waals surface area (Å²) >= 11 is 0. The smallest absolute Gasteiger partial charge is 0.255 e. The van der Waals surface area contributed by atoms with E-state index in [1.165, 1.54) is 11.0 Å². The molecule has 3 amide bonds. The van der Waals surface area contributed by atoms with Crippen LogP contribution in [0.3, 0.4) is 0 Å². The summed E-state index contributed by atoms with van der Waals surface area (Å²) in [4.78, 5) is 49.4. The lowest BCUT2D eigenvalue weighted by atomic mass is 9.85. The van der Waals surface area contributed by atoms with E-state index in [1.807, 2.05) is 6.92 Å². The average molecular weight is 452 g/mol. The lowest BCUT2D eigenvalue weighted by Crippen LogP contribution is -2.52. The zero-order chi connectivity index (χ0) is 23.1. The van der Waals surface area contributed by atoms with Gasteiger partial charge < -0.3 is 4.90 Å². The van der Waals surface area contributed by atoms with Crippen LogP contribution in [0.4, 0.5) is 4.39 Å². The van der Waals surface area contributed by atoms with Crippen LogP contribution >= 0.6 is 0 Å². The molecule has 4 heterocycles. The number of nitrogens with zero attached hydrogens (tertiary/aromatic N) is 4. The van der Waals surface area contributed by atoms with E-state index in [-0.39, 0.29) is 30.7 Å². The molecule has 1 N–H and O–H groups in total. The molecule has 3 aliphatic heterocycles. The van der Waals surface area contributed by atoms with E-state index in [1.54, 1.807) is 18.5 Å². The van der Waals surface area contributed by atoms with Gasteiger partial charge in [-0.1, -0.05) is 0 Å². The Balaban J connectivity index is 1.31. The molecule has 9 heteroatoms. The van der Waals surface area contributed by atoms with Crippen LogP contribution in [0, 0.1) is 12.7 Å². The highest BCUT2D eigenvalue weighted by atomic mass is 19.1. The number of halogens is 1. The van der Waals surface area contributed by atoms with E-state index in [4.69, 9.17) is 0 Å². The van der Waals surface area contributed by atoms with Gasteiger partial charge in [-0.25, -0.2) is 4.39 Å². The Morgan fingerprint density at radius 1 is 1.09 bits per heavy atom. The summed E-state index contributed by atoms with van der Waals surface area (Å²) in [6.45, 7) is 4.59. The fraction of sp³-hybridized carbons (Fsp3) is 0.458. The van der Waals surface area contributed by atoms with Crippen LogP contribution in [0.2, 0.25) is 0 Å². The van der Waals surface area contributed by atoms with Crippen molar-refractivity contribution in [1.29, 1.82) is 0 Å². The van der Waals surface area contributed by atoms with Crippen molar-refractivity contribution in [3.63, 3.8) is 0 Å². The lowest BCUT2D eigenvalue weighted by molar-refractivity contribution is -0.136. The molecule has 1 atom stereocenters. The van der Waals surface area contributed by atoms with Crippen molar-refractivity contribution in [3.8, 4) is 0 Å². The van der Waals surface area contributed by atoms with E-state index in [2.05, 4.69) is 20.2 Å². The lowest BCUT2D eigenvalue weighted by Gasteiger charge is -2.33. The largest absolute Gasteiger partial charge is 0.322 e. The van der Waals surface area contributed by atoms with E-state index in [9.17, 15) is 18.8 Å². The summed E-state index contributed by atoms with van der Waals surface area (Å²) in [6, 6.07) is 2.13. The zero-order valence-corrected chi connectivity index (χ0v) is 18.5. The molecule has 0 radical (unpaired) electrons. The quantitative estimate of drug-likeness (QED) is 0.715. The van der Waals surface area contributed by atoms with Crippen molar-refractivity contribution >= 4 is 17.7 Å². The summed E-state index contributed by atoms with van der Waals surface area (Å²) in [5, 5.41) is 2.31. The molecule has 2 saturated heterocycles. The summed E-state index contributed by atoms with van der Waals surface area (Å²) in [5.74, 6) is -1.41. The van der Waals surface area contributed by atoms with Gasteiger partial charge in [0.05, 0.1) is 11.4 Å². The molecule has 2 aromatic rings. The monoisotopic (exact) mass is 451 g/mol. The number of carbonyl (C=O) groups is 3. The molecule has 5 rings (SSSR count). The van der Waals surface area contributed by atoms with Gasteiger partial charge in [0.15, 0.2) is 0 Å². The minimum atomic E-state index is -0.698. The highest BCUT2D eigenvalue weighted by Gasteiger charge is 2.41. The SMILES string of the molecule is Cc1cnc(CN2CCC(c3cc(F)cc4c3CN(C3CCC(=O)NC3=O)C4=O)CC2)cn1. The second-order valence-corrected chi connectivity index (χ2v) is 9.12. The molecule has 1 aromatic heterocycles. The van der Waals surface area contributed by atoms with Crippen molar-refractivity contribution in [1.82, 2.24) is 25.1 Å². The number of amides is 3. The molecule has 0 aliphatic carbocycles. The fourth-order valence-electron chi connectivity index (χ4n) is 5.15. The van der Waals surface area contributed by atoms with E-state index in [0.29, 0.717) is 12.0 Å². The van der Waals surface area contributed by atoms with Gasteiger partial charge in [-0.15, -0.1) is 0 Å². The number of likely N-dealkylation sites (tertiary alicyclic amines) is 1. The number of imide groups is 1. The number of carbonyl (C=O) groups excluding carboxylic acids is 3. The molecule has 0 saturated carbocycles. The summed E-state index contributed by atoms with van der Waals surface area (Å²) in [7, 11) is 0. The first-order valence-corrected chi connectivity index (χ1v) is 11.4. The predicted octanol–water partition coefficient (Wildman–Crippen LogP) is 2.06. The van der Waals surface area contributed by atoms with Gasteiger partial charge in [-0.2, -0.15) is 0 Å². The van der Waals surface area contributed by atoms with Crippen molar-refractivity contribution < 1.29 is 18.8 Å². The predicted molar refractivity (Wildman–Crippen MR) is 116 cm³/mol. The maximum absolute atomic E-state index is 14.5. The number of aryl methyl sites for hydroxylation is 1. The minimum absolute atomic E-state index is 0.143. The Hall–Kier alpha value is -3.20. The average Bonchev–Trinajstić information content (AvgIpc) is 3.11. The van der Waals surface area contributed by atoms with Gasteiger partial charge in [0.25, 0.3) is 5.91 Å². The number of nitrogens with one attached hydrogen (secondary N) is 1. The van der Waals surface area contributed by atoms with Crippen molar-refractivity contribution in [2.45, 2.75) is 57.7 Å². The molecule has 0 spiro atoms. The van der Waals surface area contributed by atoms with E-state index < -0.39 is 17.8 Å². The van der Waals surface area contributed by atoms with E-state index >= 15 is 0 Å². The van der Waals surface area contributed by atoms with Crippen molar-refractivity contribution in [2.24, 2.45) is 0 Å². The van der Waals surface area contributed by atoms with Crippen LogP contribution in [0.25, 0.3) is 0 Å². The highest BCUT2D eigenvalue weighted by molar-refractivity contribution is 6.05. The maximum atomic E-state index is 14.5. The first kappa shape index (κ1) is 21.6. The first-order chi connectivity index (χ1) is 15.9. The van der Waals surface area contributed by atoms with Gasteiger partial charge in [0, 0.05) is 37.5 Å². The molecule has 3 aliphatic rings. The standard InChI is InChI=1S/C24H26FN5O3/c1-14-10-27-17(11-26-14)12-29-6-4-15(5-7-29)18-8-16(25)9-19-20(18)13-30(24(19)33)21-2-3-22(31)28-23(21)32/h8-11,15,21H,2-7,12-13H2,1H3,(H,28,31,32). The third-order valence-electron chi connectivity index (χ3n) is 6.90. The van der Waals surface area contributed by atoms with Crippen LogP contribution in [-0.4, -0.2) is 56.6 Å². The summed E-state index contributed by atoms with van der Waals surface area (Å²) in [6.07, 6.45) is 5.76. The van der Waals surface area contributed by atoms with Crippen LogP contribution < -0.4 is 5.32 Å². The number of benzene rings is 1. The number of fused-ring (bicyclic) bond motifs is 1. The first-order valence-electron chi connectivity index (χ1n) is 11.4. The Morgan fingerprint density at radius 2 is 1.88 bits per heavy atom. The second-order valence-electron chi connectivity index (χ2n) is 9.12. The zero-order valence-electron chi connectivity index (χ0n) is 18.5. The molecular formula is C24H26FN5O3. The molecule has 172 valence electrons. The Morgan fingerprint density at radius 3 is 2.58 bits per heavy atom. The van der Waals surface area contributed by atoms with Gasteiger partial charge in [0.2, 0.25) is 11.8 Å². The third kappa shape index (κ3) is 4.25. The minimum Gasteiger partial charge on any atom is -0.322 e. The van der Waals surface area contributed by atoms with Crippen LogP contribution in [0.1, 0.15) is 64.5 Å². The van der Waals surface area contributed by atoms with Gasteiger partial charge in [-0.05, 0) is 68.5 Å². The Labute approximate surface area is 191 Å². The number of piperidine rings is 2.